The number of ether oxygens (including phenoxy) is 3. The van der Waals surface area contributed by atoms with Crippen LogP contribution in [0.25, 0.3) is 0 Å². The molecule has 0 heterocycles. The molecule has 146 valence electrons. The van der Waals surface area contributed by atoms with Gasteiger partial charge in [0, 0.05) is 19.1 Å². The minimum Gasteiger partial charge on any atom is -0.492 e. The van der Waals surface area contributed by atoms with Gasteiger partial charge in [0.2, 0.25) is 0 Å². The van der Waals surface area contributed by atoms with Gasteiger partial charge in [-0.2, -0.15) is 0 Å². The Morgan fingerprint density at radius 2 is 1.88 bits per heavy atom. The summed E-state index contributed by atoms with van der Waals surface area (Å²) in [7, 11) is 0. The van der Waals surface area contributed by atoms with Crippen molar-refractivity contribution in [2.24, 2.45) is 5.16 Å². The summed E-state index contributed by atoms with van der Waals surface area (Å²) in [6, 6.07) is 3.66. The molecule has 0 N–H and O–H groups in total. The van der Waals surface area contributed by atoms with E-state index in [9.17, 15) is 0 Å². The number of nitrogens with zero attached hydrogens (tertiary/aromatic N) is 1. The maximum Gasteiger partial charge on any atom is 0.141 e. The second-order valence-corrected chi connectivity index (χ2v) is 8.72. The van der Waals surface area contributed by atoms with Crippen molar-refractivity contribution < 1.29 is 19.0 Å². The third-order valence-electron chi connectivity index (χ3n) is 2.94. The maximum absolute atomic E-state index is 6.30. The van der Waals surface area contributed by atoms with Crippen molar-refractivity contribution in [3.63, 3.8) is 0 Å². The lowest BCUT2D eigenvalue weighted by molar-refractivity contribution is 0.0461. The summed E-state index contributed by atoms with van der Waals surface area (Å²) in [4.78, 5) is 5.05. The molecule has 0 spiro atoms. The first kappa shape index (κ1) is 23.3. The first-order chi connectivity index (χ1) is 12.4. The quantitative estimate of drug-likeness (QED) is 0.200. The SMILES string of the molecule is CC(C)=NOCCOCCCOc1c(C)cc(OCC=C(Br)Br)cc1Cl. The van der Waals surface area contributed by atoms with Gasteiger partial charge in [0.15, 0.2) is 0 Å². The number of oxime groups is 1. The molecule has 0 unspecified atom stereocenters. The van der Waals surface area contributed by atoms with E-state index in [-0.39, 0.29) is 0 Å². The summed E-state index contributed by atoms with van der Waals surface area (Å²) in [6.07, 6.45) is 2.61. The fourth-order valence-corrected chi connectivity index (χ4v) is 2.45. The van der Waals surface area contributed by atoms with E-state index in [0.717, 1.165) is 21.1 Å². The molecule has 0 aromatic heterocycles. The normalized spacial score (nSPS) is 10.2. The van der Waals surface area contributed by atoms with Crippen LogP contribution >= 0.6 is 43.5 Å². The Morgan fingerprint density at radius 3 is 2.54 bits per heavy atom. The average molecular weight is 514 g/mol. The molecule has 0 saturated carbocycles. The van der Waals surface area contributed by atoms with Crippen LogP contribution in [0.15, 0.2) is 26.8 Å². The molecule has 0 aliphatic heterocycles. The maximum atomic E-state index is 6.30. The van der Waals surface area contributed by atoms with E-state index in [2.05, 4.69) is 37.0 Å². The van der Waals surface area contributed by atoms with Gasteiger partial charge in [0.25, 0.3) is 0 Å². The molecular formula is C18H24Br2ClNO4. The molecule has 0 aliphatic rings. The third kappa shape index (κ3) is 10.4. The molecule has 0 bridgehead atoms. The standard InChI is InChI=1S/C18H24Br2ClNO4/c1-13(2)22-26-10-9-23-6-4-7-25-18-14(3)11-15(12-16(18)21)24-8-5-17(19)20/h5,11-12H,4,6-10H2,1-3H3. The lowest BCUT2D eigenvalue weighted by Gasteiger charge is -2.13. The molecule has 1 aromatic carbocycles. The Labute approximate surface area is 176 Å². The van der Waals surface area contributed by atoms with Crippen molar-refractivity contribution in [2.75, 3.05) is 33.0 Å². The fourth-order valence-electron chi connectivity index (χ4n) is 1.87. The molecule has 1 rings (SSSR count). The summed E-state index contributed by atoms with van der Waals surface area (Å²) in [5.74, 6) is 1.37. The van der Waals surface area contributed by atoms with Crippen LogP contribution in [0, 0.1) is 6.92 Å². The summed E-state index contributed by atoms with van der Waals surface area (Å²) in [5.41, 5.74) is 1.81. The van der Waals surface area contributed by atoms with Crippen LogP contribution < -0.4 is 9.47 Å². The average Bonchev–Trinajstić information content (AvgIpc) is 2.54. The van der Waals surface area contributed by atoms with Gasteiger partial charge in [0.1, 0.15) is 24.7 Å². The molecule has 26 heavy (non-hydrogen) atoms. The number of halogens is 3. The Kier molecular flexibility index (Phi) is 12.0. The molecular weight excluding hydrogens is 489 g/mol. The highest BCUT2D eigenvalue weighted by atomic mass is 79.9. The predicted molar refractivity (Wildman–Crippen MR) is 113 cm³/mol. The van der Waals surface area contributed by atoms with E-state index in [1.165, 1.54) is 0 Å². The van der Waals surface area contributed by atoms with Crippen LogP contribution in [0.3, 0.4) is 0 Å². The van der Waals surface area contributed by atoms with Crippen molar-refractivity contribution in [3.8, 4) is 11.5 Å². The molecule has 0 amide bonds. The molecule has 0 fully saturated rings. The van der Waals surface area contributed by atoms with E-state index in [0.29, 0.717) is 49.6 Å². The third-order valence-corrected chi connectivity index (χ3v) is 3.86. The summed E-state index contributed by atoms with van der Waals surface area (Å²) >= 11 is 12.9. The zero-order valence-electron chi connectivity index (χ0n) is 15.2. The summed E-state index contributed by atoms with van der Waals surface area (Å²) in [6.45, 7) is 8.19. The Bertz CT molecular complexity index is 592. The van der Waals surface area contributed by atoms with Crippen LogP contribution in [0.5, 0.6) is 11.5 Å². The fraction of sp³-hybridized carbons (Fsp3) is 0.500. The number of hydrogen-bond acceptors (Lipinski definition) is 5. The van der Waals surface area contributed by atoms with Crippen molar-refractivity contribution in [1.82, 2.24) is 0 Å². The van der Waals surface area contributed by atoms with Crippen molar-refractivity contribution in [2.45, 2.75) is 27.2 Å². The Hall–Kier alpha value is -0.760. The van der Waals surface area contributed by atoms with Gasteiger partial charge in [-0.15, -0.1) is 0 Å². The zero-order chi connectivity index (χ0) is 19.4. The second-order valence-electron chi connectivity index (χ2n) is 5.54. The van der Waals surface area contributed by atoms with E-state index in [1.807, 2.05) is 32.9 Å². The number of rotatable bonds is 12. The minimum atomic E-state index is 0.437. The minimum absolute atomic E-state index is 0.437. The molecule has 1 aromatic rings. The van der Waals surface area contributed by atoms with E-state index >= 15 is 0 Å². The van der Waals surface area contributed by atoms with E-state index < -0.39 is 0 Å². The summed E-state index contributed by atoms with van der Waals surface area (Å²) < 4.78 is 17.7. The molecule has 0 radical (unpaired) electrons. The smallest absolute Gasteiger partial charge is 0.141 e. The van der Waals surface area contributed by atoms with Gasteiger partial charge in [-0.05, 0) is 70.3 Å². The van der Waals surface area contributed by atoms with Crippen molar-refractivity contribution in [3.05, 3.63) is 32.2 Å². The molecule has 0 aliphatic carbocycles. The number of aryl methyl sites for hydroxylation is 1. The lowest BCUT2D eigenvalue weighted by Crippen LogP contribution is -2.07. The van der Waals surface area contributed by atoms with E-state index in [1.54, 1.807) is 6.07 Å². The highest BCUT2D eigenvalue weighted by Gasteiger charge is 2.09. The van der Waals surface area contributed by atoms with Crippen LogP contribution in [-0.4, -0.2) is 38.7 Å². The van der Waals surface area contributed by atoms with Crippen LogP contribution in [-0.2, 0) is 9.57 Å². The topological polar surface area (TPSA) is 49.3 Å². The number of hydrogen-bond donors (Lipinski definition) is 0. The lowest BCUT2D eigenvalue weighted by atomic mass is 10.2. The van der Waals surface area contributed by atoms with Crippen LogP contribution in [0.1, 0.15) is 25.8 Å². The Balaban J connectivity index is 2.30. The number of benzene rings is 1. The van der Waals surface area contributed by atoms with E-state index in [4.69, 9.17) is 30.6 Å². The van der Waals surface area contributed by atoms with Gasteiger partial charge in [-0.25, -0.2) is 0 Å². The molecule has 5 nitrogen and oxygen atoms in total. The monoisotopic (exact) mass is 511 g/mol. The van der Waals surface area contributed by atoms with Gasteiger partial charge >= 0.3 is 0 Å². The van der Waals surface area contributed by atoms with Crippen molar-refractivity contribution in [1.29, 1.82) is 0 Å². The van der Waals surface area contributed by atoms with Crippen LogP contribution in [0.4, 0.5) is 0 Å². The largest absolute Gasteiger partial charge is 0.492 e. The first-order valence-electron chi connectivity index (χ1n) is 8.18. The van der Waals surface area contributed by atoms with Gasteiger partial charge < -0.3 is 19.0 Å². The highest BCUT2D eigenvalue weighted by Crippen LogP contribution is 2.33. The van der Waals surface area contributed by atoms with Crippen LogP contribution in [0.2, 0.25) is 5.02 Å². The van der Waals surface area contributed by atoms with Gasteiger partial charge in [0.05, 0.1) is 27.3 Å². The highest BCUT2D eigenvalue weighted by molar-refractivity contribution is 9.28. The Morgan fingerprint density at radius 1 is 1.12 bits per heavy atom. The first-order valence-corrected chi connectivity index (χ1v) is 10.1. The predicted octanol–water partition coefficient (Wildman–Crippen LogP) is 5.86. The second kappa shape index (κ2) is 13.4. The van der Waals surface area contributed by atoms with Gasteiger partial charge in [-0.3, -0.25) is 0 Å². The molecule has 8 heteroatoms. The zero-order valence-corrected chi connectivity index (χ0v) is 19.1. The molecule has 0 saturated heterocycles. The summed E-state index contributed by atoms with van der Waals surface area (Å²) in [5, 5.41) is 4.36. The molecule has 0 atom stereocenters. The van der Waals surface area contributed by atoms with Gasteiger partial charge in [-0.1, -0.05) is 16.8 Å². The van der Waals surface area contributed by atoms with Crippen molar-refractivity contribution >= 4 is 49.2 Å².